The van der Waals surface area contributed by atoms with Gasteiger partial charge in [0.05, 0.1) is 18.7 Å². The summed E-state index contributed by atoms with van der Waals surface area (Å²) in [6.45, 7) is 3.31. The zero-order valence-electron chi connectivity index (χ0n) is 24.1. The third-order valence-corrected chi connectivity index (χ3v) is 6.95. The van der Waals surface area contributed by atoms with Crippen molar-refractivity contribution in [1.82, 2.24) is 20.3 Å². The molecule has 1 saturated heterocycles. The van der Waals surface area contributed by atoms with Crippen LogP contribution in [0.25, 0.3) is 0 Å². The van der Waals surface area contributed by atoms with Crippen LogP contribution in [0.1, 0.15) is 32.1 Å². The number of hydroxylamine groups is 1. The lowest BCUT2D eigenvalue weighted by molar-refractivity contribution is -0.129. The number of carbonyl (C=O) groups excluding carboxylic acids is 2. The standard InChI is InChI=1S/C30H38FN7O5/c1-42-16-17-43-25-11-9-22(10-12-25)35-30-32-19-26(31)28(36-30)33-23-6-5-7-24(18-23)34-29(40)21-13-15-38(20-21)14-4-2-3-8-27(39)37-41/h5-7,9-12,18-19,21,41H,2-4,8,13-17,20H2,1H3,(H,34,40)(H,37,39)(H2,32,33,35,36). The van der Waals surface area contributed by atoms with Crippen molar-refractivity contribution in [1.29, 1.82) is 0 Å². The van der Waals surface area contributed by atoms with Gasteiger partial charge in [-0.25, -0.2) is 14.9 Å². The second-order valence-electron chi connectivity index (χ2n) is 10.2. The fourth-order valence-corrected chi connectivity index (χ4v) is 4.68. The van der Waals surface area contributed by atoms with Crippen LogP contribution in [0.2, 0.25) is 0 Å². The maximum absolute atomic E-state index is 14.6. The molecule has 2 aromatic carbocycles. The Morgan fingerprint density at radius 3 is 2.65 bits per heavy atom. The van der Waals surface area contributed by atoms with Gasteiger partial charge in [-0.15, -0.1) is 0 Å². The highest BCUT2D eigenvalue weighted by Gasteiger charge is 2.28. The molecule has 0 aliphatic carbocycles. The Morgan fingerprint density at radius 1 is 1.05 bits per heavy atom. The molecule has 1 aliphatic heterocycles. The predicted octanol–water partition coefficient (Wildman–Crippen LogP) is 4.45. The van der Waals surface area contributed by atoms with E-state index in [-0.39, 0.29) is 29.5 Å². The number of carbonyl (C=O) groups is 2. The fraction of sp³-hybridized carbons (Fsp3) is 0.400. The van der Waals surface area contributed by atoms with Gasteiger partial charge >= 0.3 is 0 Å². The highest BCUT2D eigenvalue weighted by molar-refractivity contribution is 5.93. The minimum absolute atomic E-state index is 0.0103. The van der Waals surface area contributed by atoms with Crippen LogP contribution in [0.4, 0.5) is 33.2 Å². The molecule has 2 amide bonds. The van der Waals surface area contributed by atoms with Gasteiger partial charge in [-0.1, -0.05) is 12.5 Å². The normalized spacial score (nSPS) is 14.7. The Labute approximate surface area is 250 Å². The van der Waals surface area contributed by atoms with Crippen LogP contribution < -0.4 is 26.2 Å². The third-order valence-electron chi connectivity index (χ3n) is 6.95. The van der Waals surface area contributed by atoms with E-state index in [2.05, 4.69) is 30.8 Å². The zero-order chi connectivity index (χ0) is 30.4. The van der Waals surface area contributed by atoms with Crippen molar-refractivity contribution < 1.29 is 28.7 Å². The van der Waals surface area contributed by atoms with Crippen LogP contribution in [-0.4, -0.2) is 71.8 Å². The highest BCUT2D eigenvalue weighted by Crippen LogP contribution is 2.25. The van der Waals surface area contributed by atoms with Gasteiger partial charge in [0.15, 0.2) is 11.6 Å². The number of halogens is 1. The van der Waals surface area contributed by atoms with Gasteiger partial charge in [0, 0.05) is 37.1 Å². The van der Waals surface area contributed by atoms with Crippen LogP contribution in [0, 0.1) is 11.7 Å². The minimum Gasteiger partial charge on any atom is -0.491 e. The van der Waals surface area contributed by atoms with Gasteiger partial charge in [0.1, 0.15) is 12.4 Å². The van der Waals surface area contributed by atoms with Crippen LogP contribution in [0.3, 0.4) is 0 Å². The van der Waals surface area contributed by atoms with Gasteiger partial charge in [-0.3, -0.25) is 14.8 Å². The number of amides is 2. The van der Waals surface area contributed by atoms with E-state index in [4.69, 9.17) is 14.7 Å². The molecular weight excluding hydrogens is 557 g/mol. The Kier molecular flexibility index (Phi) is 12.0. The second-order valence-corrected chi connectivity index (χ2v) is 10.2. The van der Waals surface area contributed by atoms with Crippen LogP contribution in [0.15, 0.2) is 54.7 Å². The van der Waals surface area contributed by atoms with Gasteiger partial charge < -0.3 is 30.3 Å². The Hall–Kier alpha value is -4.33. The number of anilines is 5. The number of nitrogens with one attached hydrogen (secondary N) is 4. The van der Waals surface area contributed by atoms with Crippen molar-refractivity contribution in [3.63, 3.8) is 0 Å². The average molecular weight is 596 g/mol. The molecular formula is C30H38FN7O5. The molecule has 1 unspecified atom stereocenters. The molecule has 1 aromatic heterocycles. The lowest BCUT2D eigenvalue weighted by Crippen LogP contribution is -2.27. The molecule has 1 fully saturated rings. The summed E-state index contributed by atoms with van der Waals surface area (Å²) >= 11 is 0. The first-order valence-corrected chi connectivity index (χ1v) is 14.3. The summed E-state index contributed by atoms with van der Waals surface area (Å²) in [6.07, 6.45) is 4.67. The molecule has 1 aliphatic rings. The molecule has 4 rings (SSSR count). The number of methoxy groups -OCH3 is 1. The summed E-state index contributed by atoms with van der Waals surface area (Å²) < 4.78 is 25.1. The Balaban J connectivity index is 1.27. The quantitative estimate of drug-likeness (QED) is 0.0913. The number of likely N-dealkylation sites (tertiary alicyclic amines) is 1. The van der Waals surface area contributed by atoms with Crippen LogP contribution >= 0.6 is 0 Å². The molecule has 43 heavy (non-hydrogen) atoms. The first-order chi connectivity index (χ1) is 20.9. The van der Waals surface area contributed by atoms with Crippen molar-refractivity contribution in [3.05, 3.63) is 60.5 Å². The van der Waals surface area contributed by atoms with E-state index in [1.165, 1.54) is 0 Å². The topological polar surface area (TPSA) is 150 Å². The van der Waals surface area contributed by atoms with E-state index >= 15 is 0 Å². The lowest BCUT2D eigenvalue weighted by atomic mass is 10.1. The van der Waals surface area contributed by atoms with Crippen molar-refractivity contribution in [2.24, 2.45) is 5.92 Å². The van der Waals surface area contributed by atoms with Crippen LogP contribution in [0.5, 0.6) is 5.75 Å². The maximum Gasteiger partial charge on any atom is 0.243 e. The molecule has 0 spiro atoms. The van der Waals surface area contributed by atoms with Crippen LogP contribution in [-0.2, 0) is 14.3 Å². The van der Waals surface area contributed by atoms with Gasteiger partial charge in [-0.05, 0) is 74.8 Å². The monoisotopic (exact) mass is 595 g/mol. The van der Waals surface area contributed by atoms with E-state index in [0.29, 0.717) is 55.4 Å². The van der Waals surface area contributed by atoms with Crippen molar-refractivity contribution >= 4 is 40.6 Å². The van der Waals surface area contributed by atoms with Crippen molar-refractivity contribution in [2.45, 2.75) is 32.1 Å². The lowest BCUT2D eigenvalue weighted by Gasteiger charge is -2.16. The number of nitrogens with zero attached hydrogens (tertiary/aromatic N) is 3. The summed E-state index contributed by atoms with van der Waals surface area (Å²) in [5, 5.41) is 17.6. The summed E-state index contributed by atoms with van der Waals surface area (Å²) in [7, 11) is 1.61. The third kappa shape index (κ3) is 10.2. The molecule has 0 radical (unpaired) electrons. The molecule has 5 N–H and O–H groups in total. The van der Waals surface area contributed by atoms with E-state index in [1.807, 2.05) is 0 Å². The predicted molar refractivity (Wildman–Crippen MR) is 160 cm³/mol. The van der Waals surface area contributed by atoms with Gasteiger partial charge in [-0.2, -0.15) is 4.98 Å². The summed E-state index contributed by atoms with van der Waals surface area (Å²) in [5.41, 5.74) is 3.50. The largest absolute Gasteiger partial charge is 0.491 e. The maximum atomic E-state index is 14.6. The van der Waals surface area contributed by atoms with E-state index in [0.717, 1.165) is 38.5 Å². The molecule has 13 heteroatoms. The molecule has 1 atom stereocenters. The molecule has 2 heterocycles. The number of unbranched alkanes of at least 4 members (excludes halogenated alkanes) is 2. The SMILES string of the molecule is COCCOc1ccc(Nc2ncc(F)c(Nc3cccc(NC(=O)C4CCN(CCCCCC(=O)NO)C4)c3)n2)cc1. The van der Waals surface area contributed by atoms with E-state index in [1.54, 1.807) is 61.1 Å². The first kappa shape index (κ1) is 31.6. The molecule has 12 nitrogen and oxygen atoms in total. The number of rotatable bonds is 16. The number of aromatic nitrogens is 2. The number of hydrogen-bond acceptors (Lipinski definition) is 10. The Morgan fingerprint density at radius 2 is 1.86 bits per heavy atom. The number of ether oxygens (including phenoxy) is 2. The second kappa shape index (κ2) is 16.3. The molecule has 3 aromatic rings. The summed E-state index contributed by atoms with van der Waals surface area (Å²) in [4.78, 5) is 34.6. The first-order valence-electron chi connectivity index (χ1n) is 14.3. The fourth-order valence-electron chi connectivity index (χ4n) is 4.68. The highest BCUT2D eigenvalue weighted by atomic mass is 19.1. The molecule has 230 valence electrons. The summed E-state index contributed by atoms with van der Waals surface area (Å²) in [6, 6.07) is 14.2. The Bertz CT molecular complexity index is 1340. The van der Waals surface area contributed by atoms with E-state index < -0.39 is 5.82 Å². The summed E-state index contributed by atoms with van der Waals surface area (Å²) in [5.74, 6) is -0.286. The van der Waals surface area contributed by atoms with Crippen molar-refractivity contribution in [3.8, 4) is 5.75 Å². The van der Waals surface area contributed by atoms with Crippen molar-refractivity contribution in [2.75, 3.05) is 55.9 Å². The number of benzene rings is 2. The minimum atomic E-state index is -0.621. The van der Waals surface area contributed by atoms with Gasteiger partial charge in [0.25, 0.3) is 0 Å². The van der Waals surface area contributed by atoms with E-state index in [9.17, 15) is 14.0 Å². The molecule has 0 saturated carbocycles. The molecule has 0 bridgehead atoms. The number of hydrogen-bond donors (Lipinski definition) is 5. The average Bonchev–Trinajstić information content (AvgIpc) is 3.49. The van der Waals surface area contributed by atoms with Gasteiger partial charge in [0.2, 0.25) is 17.8 Å². The zero-order valence-corrected chi connectivity index (χ0v) is 24.1. The smallest absolute Gasteiger partial charge is 0.243 e.